The molecule has 23 heavy (non-hydrogen) atoms. The van der Waals surface area contributed by atoms with E-state index >= 15 is 0 Å². The highest BCUT2D eigenvalue weighted by molar-refractivity contribution is 8.00. The standard InChI is InChI=1S/C16H15ClN2O3S/c1-11(17)15(23-14-5-3-2-4-6-14)16(20)18-12-7-9-13(10-8-12)19(21)22/h2-11,15H,1H3,(H,18,20)/t11-,15-/m0/s1. The molecule has 1 amide bonds. The summed E-state index contributed by atoms with van der Waals surface area (Å²) >= 11 is 7.53. The Morgan fingerprint density at radius 1 is 1.17 bits per heavy atom. The second-order valence-corrected chi connectivity index (χ2v) is 6.73. The molecule has 0 aromatic heterocycles. The molecule has 0 aliphatic rings. The first-order chi connectivity index (χ1) is 11.0. The van der Waals surface area contributed by atoms with Gasteiger partial charge in [-0.3, -0.25) is 14.9 Å². The number of carbonyl (C=O) groups is 1. The summed E-state index contributed by atoms with van der Waals surface area (Å²) in [6.07, 6.45) is 0. The van der Waals surface area contributed by atoms with Crippen LogP contribution in [0.2, 0.25) is 0 Å². The molecule has 0 heterocycles. The topological polar surface area (TPSA) is 72.2 Å². The second-order valence-electron chi connectivity index (χ2n) is 4.82. The van der Waals surface area contributed by atoms with Gasteiger partial charge in [0.05, 0.1) is 10.3 Å². The fraction of sp³-hybridized carbons (Fsp3) is 0.188. The lowest BCUT2D eigenvalue weighted by Crippen LogP contribution is -2.31. The van der Waals surface area contributed by atoms with E-state index in [1.54, 1.807) is 6.92 Å². The average Bonchev–Trinajstić information content (AvgIpc) is 2.53. The van der Waals surface area contributed by atoms with Crippen molar-refractivity contribution in [1.29, 1.82) is 0 Å². The van der Waals surface area contributed by atoms with E-state index in [0.717, 1.165) is 4.90 Å². The van der Waals surface area contributed by atoms with Crippen LogP contribution in [0.25, 0.3) is 0 Å². The predicted octanol–water partition coefficient (Wildman–Crippen LogP) is 4.32. The summed E-state index contributed by atoms with van der Waals surface area (Å²) in [7, 11) is 0. The fourth-order valence-electron chi connectivity index (χ4n) is 1.88. The lowest BCUT2D eigenvalue weighted by Gasteiger charge is -2.18. The number of non-ortho nitro benzene ring substituents is 1. The van der Waals surface area contributed by atoms with Gasteiger partial charge in [-0.2, -0.15) is 0 Å². The summed E-state index contributed by atoms with van der Waals surface area (Å²) in [5, 5.41) is 12.5. The molecule has 0 saturated carbocycles. The maximum atomic E-state index is 12.4. The number of rotatable bonds is 6. The van der Waals surface area contributed by atoms with E-state index in [1.165, 1.54) is 36.0 Å². The van der Waals surface area contributed by atoms with Crippen molar-refractivity contribution in [3.05, 3.63) is 64.7 Å². The number of nitrogens with zero attached hydrogens (tertiary/aromatic N) is 1. The van der Waals surface area contributed by atoms with Crippen molar-refractivity contribution in [2.45, 2.75) is 22.4 Å². The lowest BCUT2D eigenvalue weighted by atomic mass is 10.2. The van der Waals surface area contributed by atoms with Gasteiger partial charge in [-0.15, -0.1) is 23.4 Å². The molecule has 0 bridgehead atoms. The Morgan fingerprint density at radius 2 is 1.78 bits per heavy atom. The maximum absolute atomic E-state index is 12.4. The molecule has 2 rings (SSSR count). The maximum Gasteiger partial charge on any atom is 0.269 e. The van der Waals surface area contributed by atoms with Crippen LogP contribution in [0.4, 0.5) is 11.4 Å². The Labute approximate surface area is 143 Å². The molecule has 0 spiro atoms. The minimum Gasteiger partial charge on any atom is -0.325 e. The van der Waals surface area contributed by atoms with Gasteiger partial charge in [-0.25, -0.2) is 0 Å². The molecule has 2 aromatic carbocycles. The first-order valence-electron chi connectivity index (χ1n) is 6.88. The summed E-state index contributed by atoms with van der Waals surface area (Å²) in [5.41, 5.74) is 0.473. The number of nitro benzene ring substituents is 1. The van der Waals surface area contributed by atoms with E-state index < -0.39 is 10.2 Å². The van der Waals surface area contributed by atoms with Crippen LogP contribution in [0.5, 0.6) is 0 Å². The molecule has 7 heteroatoms. The van der Waals surface area contributed by atoms with Crippen molar-refractivity contribution in [2.75, 3.05) is 5.32 Å². The smallest absolute Gasteiger partial charge is 0.269 e. The zero-order valence-electron chi connectivity index (χ0n) is 12.3. The molecule has 5 nitrogen and oxygen atoms in total. The van der Waals surface area contributed by atoms with E-state index in [9.17, 15) is 14.9 Å². The third kappa shape index (κ3) is 4.97. The predicted molar refractivity (Wildman–Crippen MR) is 93.1 cm³/mol. The van der Waals surface area contributed by atoms with Gasteiger partial charge in [0.2, 0.25) is 5.91 Å². The molecular formula is C16H15ClN2O3S. The molecule has 120 valence electrons. The van der Waals surface area contributed by atoms with Crippen LogP contribution in [0.15, 0.2) is 59.5 Å². The van der Waals surface area contributed by atoms with Gasteiger partial charge < -0.3 is 5.32 Å². The molecular weight excluding hydrogens is 336 g/mol. The van der Waals surface area contributed by atoms with Gasteiger partial charge in [0, 0.05) is 22.7 Å². The Kier molecular flexibility index (Phi) is 6.01. The van der Waals surface area contributed by atoms with Crippen molar-refractivity contribution in [1.82, 2.24) is 0 Å². The van der Waals surface area contributed by atoms with Gasteiger partial charge in [0.1, 0.15) is 5.25 Å². The minimum atomic E-state index is -0.486. The van der Waals surface area contributed by atoms with Crippen LogP contribution in [-0.4, -0.2) is 21.5 Å². The lowest BCUT2D eigenvalue weighted by molar-refractivity contribution is -0.384. The largest absolute Gasteiger partial charge is 0.325 e. The average molecular weight is 351 g/mol. The van der Waals surface area contributed by atoms with Crippen LogP contribution in [0, 0.1) is 10.1 Å². The SMILES string of the molecule is C[C@H](Cl)[C@H](Sc1ccccc1)C(=O)Nc1ccc([N+](=O)[O-])cc1. The van der Waals surface area contributed by atoms with E-state index in [1.807, 2.05) is 30.3 Å². The number of carbonyl (C=O) groups excluding carboxylic acids is 1. The van der Waals surface area contributed by atoms with Gasteiger partial charge >= 0.3 is 0 Å². The second kappa shape index (κ2) is 7.99. The molecule has 1 N–H and O–H groups in total. The molecule has 0 unspecified atom stereocenters. The number of alkyl halides is 1. The van der Waals surface area contributed by atoms with Gasteiger partial charge in [-0.05, 0) is 31.2 Å². The van der Waals surface area contributed by atoms with Gasteiger partial charge in [0.25, 0.3) is 5.69 Å². The zero-order chi connectivity index (χ0) is 16.8. The van der Waals surface area contributed by atoms with E-state index in [2.05, 4.69) is 5.32 Å². The first kappa shape index (κ1) is 17.3. The Morgan fingerprint density at radius 3 is 2.30 bits per heavy atom. The van der Waals surface area contributed by atoms with Gasteiger partial charge in [-0.1, -0.05) is 18.2 Å². The highest BCUT2D eigenvalue weighted by Gasteiger charge is 2.25. The number of amides is 1. The number of nitro groups is 1. The molecule has 0 aliphatic carbocycles. The fourth-order valence-corrected chi connectivity index (χ4v) is 3.11. The molecule has 2 atom stereocenters. The minimum absolute atomic E-state index is 0.0241. The highest BCUT2D eigenvalue weighted by Crippen LogP contribution is 2.28. The Balaban J connectivity index is 2.07. The molecule has 0 radical (unpaired) electrons. The van der Waals surface area contributed by atoms with Crippen molar-refractivity contribution >= 4 is 40.6 Å². The van der Waals surface area contributed by atoms with Crippen LogP contribution in [-0.2, 0) is 4.79 Å². The number of halogens is 1. The number of nitrogens with one attached hydrogen (secondary N) is 1. The van der Waals surface area contributed by atoms with Crippen molar-refractivity contribution in [3.8, 4) is 0 Å². The van der Waals surface area contributed by atoms with Gasteiger partial charge in [0.15, 0.2) is 0 Å². The molecule has 2 aromatic rings. The summed E-state index contributed by atoms with van der Waals surface area (Å²) in [5.74, 6) is -0.241. The number of anilines is 1. The van der Waals surface area contributed by atoms with Crippen LogP contribution < -0.4 is 5.32 Å². The number of hydrogen-bond acceptors (Lipinski definition) is 4. The van der Waals surface area contributed by atoms with Crippen molar-refractivity contribution < 1.29 is 9.72 Å². The van der Waals surface area contributed by atoms with Crippen molar-refractivity contribution in [2.24, 2.45) is 0 Å². The highest BCUT2D eigenvalue weighted by atomic mass is 35.5. The monoisotopic (exact) mass is 350 g/mol. The van der Waals surface area contributed by atoms with E-state index in [-0.39, 0.29) is 17.0 Å². The third-order valence-corrected chi connectivity index (χ3v) is 4.85. The number of thioether (sulfide) groups is 1. The molecule has 0 fully saturated rings. The van der Waals surface area contributed by atoms with Crippen LogP contribution in [0.3, 0.4) is 0 Å². The third-order valence-electron chi connectivity index (χ3n) is 3.03. The summed E-state index contributed by atoms with van der Waals surface area (Å²) in [6.45, 7) is 1.76. The van der Waals surface area contributed by atoms with Crippen LogP contribution in [0.1, 0.15) is 6.92 Å². The van der Waals surface area contributed by atoms with Crippen molar-refractivity contribution in [3.63, 3.8) is 0 Å². The number of benzene rings is 2. The van der Waals surface area contributed by atoms with E-state index in [4.69, 9.17) is 11.6 Å². The Bertz CT molecular complexity index is 677. The normalized spacial score (nSPS) is 13.1. The first-order valence-corrected chi connectivity index (χ1v) is 8.20. The summed E-state index contributed by atoms with van der Waals surface area (Å²) < 4.78 is 0. The molecule has 0 saturated heterocycles. The summed E-state index contributed by atoms with van der Waals surface area (Å²) in [6, 6.07) is 15.2. The zero-order valence-corrected chi connectivity index (χ0v) is 13.9. The van der Waals surface area contributed by atoms with E-state index in [0.29, 0.717) is 5.69 Å². The quantitative estimate of drug-likeness (QED) is 0.364. The Hall–Kier alpha value is -2.05. The number of hydrogen-bond donors (Lipinski definition) is 1. The van der Waals surface area contributed by atoms with Crippen LogP contribution >= 0.6 is 23.4 Å². The molecule has 0 aliphatic heterocycles. The summed E-state index contributed by atoms with van der Waals surface area (Å²) in [4.78, 5) is 23.5.